The summed E-state index contributed by atoms with van der Waals surface area (Å²) in [5.41, 5.74) is 4.27. The first-order valence-corrected chi connectivity index (χ1v) is 12.2. The van der Waals surface area contributed by atoms with Crippen molar-refractivity contribution in [1.29, 1.82) is 0 Å². The number of nitrogens with zero attached hydrogens (tertiary/aromatic N) is 1. The van der Waals surface area contributed by atoms with Gasteiger partial charge in [0.2, 0.25) is 0 Å². The summed E-state index contributed by atoms with van der Waals surface area (Å²) >= 11 is 6.15. The third-order valence-corrected chi connectivity index (χ3v) is 5.69. The number of aromatic amines is 1. The van der Waals surface area contributed by atoms with Gasteiger partial charge in [-0.3, -0.25) is 4.79 Å². The highest BCUT2D eigenvalue weighted by Crippen LogP contribution is 2.32. The van der Waals surface area contributed by atoms with E-state index < -0.39 is 5.60 Å². The van der Waals surface area contributed by atoms with Crippen LogP contribution in [0.4, 0.5) is 5.69 Å². The van der Waals surface area contributed by atoms with Gasteiger partial charge in [-0.2, -0.15) is 0 Å². The number of nitrogens with one attached hydrogen (secondary N) is 2. The molecular formula is C29H30ClN3O3. The van der Waals surface area contributed by atoms with Crippen molar-refractivity contribution in [3.05, 3.63) is 94.5 Å². The fourth-order valence-corrected chi connectivity index (χ4v) is 4.06. The molecule has 1 heterocycles. The lowest BCUT2D eigenvalue weighted by molar-refractivity contribution is -0.154. The summed E-state index contributed by atoms with van der Waals surface area (Å²) < 4.78 is 5.33. The van der Waals surface area contributed by atoms with Gasteiger partial charge in [-0.1, -0.05) is 60.1 Å². The normalized spacial score (nSPS) is 12.2. The van der Waals surface area contributed by atoms with Crippen molar-refractivity contribution in [2.24, 2.45) is 4.99 Å². The van der Waals surface area contributed by atoms with E-state index >= 15 is 0 Å². The number of fused-ring (bicyclic) bond motifs is 1. The van der Waals surface area contributed by atoms with E-state index in [9.17, 15) is 9.90 Å². The number of halogens is 1. The van der Waals surface area contributed by atoms with E-state index in [-0.39, 0.29) is 11.8 Å². The lowest BCUT2D eigenvalue weighted by Gasteiger charge is -2.19. The molecule has 6 nitrogen and oxygen atoms in total. The molecule has 4 rings (SSSR count). The number of esters is 1. The highest BCUT2D eigenvalue weighted by Gasteiger charge is 2.19. The number of ether oxygens (including phenoxy) is 1. The number of rotatable bonds is 8. The van der Waals surface area contributed by atoms with Crippen LogP contribution < -0.4 is 5.32 Å². The molecule has 3 N–H and O–H groups in total. The van der Waals surface area contributed by atoms with Crippen LogP contribution >= 0.6 is 11.6 Å². The van der Waals surface area contributed by atoms with Gasteiger partial charge in [0, 0.05) is 29.1 Å². The van der Waals surface area contributed by atoms with Crippen molar-refractivity contribution < 1.29 is 14.6 Å². The predicted molar refractivity (Wildman–Crippen MR) is 145 cm³/mol. The first kappa shape index (κ1) is 25.5. The van der Waals surface area contributed by atoms with Gasteiger partial charge in [0.1, 0.15) is 5.60 Å². The molecule has 0 saturated carbocycles. The quantitative estimate of drug-likeness (QED) is 0.145. The lowest BCUT2D eigenvalue weighted by atomic mass is 10.0. The van der Waals surface area contributed by atoms with Crippen LogP contribution in [0.3, 0.4) is 0 Å². The Hall–Kier alpha value is -3.61. The predicted octanol–water partition coefficient (Wildman–Crippen LogP) is 6.52. The molecule has 0 fully saturated rings. The monoisotopic (exact) mass is 503 g/mol. The molecule has 0 aliphatic heterocycles. The van der Waals surface area contributed by atoms with Crippen LogP contribution in [0.2, 0.25) is 5.02 Å². The number of carbonyl (C=O) groups excluding carboxylic acids is 1. The number of hydrogen-bond donors (Lipinski definition) is 3. The van der Waals surface area contributed by atoms with Crippen LogP contribution in [0.15, 0.2) is 77.8 Å². The summed E-state index contributed by atoms with van der Waals surface area (Å²) in [5, 5.41) is 15.5. The van der Waals surface area contributed by atoms with Crippen LogP contribution in [0.25, 0.3) is 10.9 Å². The fraction of sp³-hybridized carbons (Fsp3) is 0.241. The van der Waals surface area contributed by atoms with Crippen LogP contribution in [0, 0.1) is 0 Å². The van der Waals surface area contributed by atoms with Gasteiger partial charge in [-0.25, -0.2) is 4.99 Å². The smallest absolute Gasteiger partial charge is 0.307 e. The second-order valence-corrected chi connectivity index (χ2v) is 9.98. The fourth-order valence-electron chi connectivity index (χ4n) is 3.89. The molecule has 0 amide bonds. The number of benzene rings is 3. The third kappa shape index (κ3) is 6.53. The Morgan fingerprint density at radius 2 is 1.78 bits per heavy atom. The van der Waals surface area contributed by atoms with Crippen molar-refractivity contribution in [3.8, 4) is 5.88 Å². The van der Waals surface area contributed by atoms with Crippen LogP contribution in [0.5, 0.6) is 5.88 Å². The standard InChI is InChI=1S/C29H30ClN3O3/c1-29(2,3)36-25(34)15-16-31-18-19-9-12-22(13-10-19)32-27(20-7-5-4-6-8-20)26-23-14-11-21(30)17-24(23)33-28(26)35/h4-14,17,31,33,35H,15-16,18H2,1-3H3. The Morgan fingerprint density at radius 3 is 2.47 bits per heavy atom. The molecule has 0 bridgehead atoms. The average molecular weight is 504 g/mol. The summed E-state index contributed by atoms with van der Waals surface area (Å²) in [6.45, 7) is 6.75. The molecule has 0 aliphatic carbocycles. The minimum Gasteiger partial charge on any atom is -0.494 e. The minimum absolute atomic E-state index is 0.0423. The van der Waals surface area contributed by atoms with E-state index in [4.69, 9.17) is 21.3 Å². The molecule has 0 aliphatic rings. The summed E-state index contributed by atoms with van der Waals surface area (Å²) in [7, 11) is 0. The first-order chi connectivity index (χ1) is 17.2. The minimum atomic E-state index is -0.470. The zero-order valence-electron chi connectivity index (χ0n) is 20.6. The van der Waals surface area contributed by atoms with Gasteiger partial charge in [-0.15, -0.1) is 0 Å². The number of hydrogen-bond acceptors (Lipinski definition) is 5. The summed E-state index contributed by atoms with van der Waals surface area (Å²) in [6, 6.07) is 23.1. The van der Waals surface area contributed by atoms with E-state index in [1.165, 1.54) is 0 Å². The van der Waals surface area contributed by atoms with E-state index in [0.717, 1.165) is 27.7 Å². The van der Waals surface area contributed by atoms with E-state index in [1.54, 1.807) is 12.1 Å². The van der Waals surface area contributed by atoms with Crippen LogP contribution in [-0.4, -0.2) is 33.9 Å². The highest BCUT2D eigenvalue weighted by atomic mass is 35.5. The Labute approximate surface area is 216 Å². The Bertz CT molecular complexity index is 1370. The molecule has 0 unspecified atom stereocenters. The van der Waals surface area contributed by atoms with Crippen molar-refractivity contribution >= 4 is 39.9 Å². The van der Waals surface area contributed by atoms with Gasteiger partial charge < -0.3 is 20.1 Å². The van der Waals surface area contributed by atoms with Crippen molar-refractivity contribution in [2.45, 2.75) is 39.3 Å². The molecule has 4 aromatic rings. The Balaban J connectivity index is 1.53. The number of carbonyl (C=O) groups is 1. The maximum atomic E-state index is 11.9. The molecule has 0 radical (unpaired) electrons. The molecule has 36 heavy (non-hydrogen) atoms. The summed E-state index contributed by atoms with van der Waals surface area (Å²) in [6.07, 6.45) is 0.319. The lowest BCUT2D eigenvalue weighted by Crippen LogP contribution is -2.26. The highest BCUT2D eigenvalue weighted by molar-refractivity contribution is 6.31. The van der Waals surface area contributed by atoms with Gasteiger partial charge in [0.25, 0.3) is 0 Å². The average Bonchev–Trinajstić information content (AvgIpc) is 3.15. The van der Waals surface area contributed by atoms with Gasteiger partial charge >= 0.3 is 5.97 Å². The molecule has 0 atom stereocenters. The molecule has 1 aromatic heterocycles. The second-order valence-electron chi connectivity index (χ2n) is 9.54. The van der Waals surface area contributed by atoms with Gasteiger partial charge in [0.15, 0.2) is 5.88 Å². The SMILES string of the molecule is CC(C)(C)OC(=O)CCNCc1ccc(N=C(c2ccccc2)c2c(O)[nH]c3cc(Cl)ccc23)cc1. The zero-order valence-corrected chi connectivity index (χ0v) is 21.4. The number of aliphatic imine (C=N–C) groups is 1. The number of H-pyrrole nitrogens is 1. The molecule has 0 saturated heterocycles. The third-order valence-electron chi connectivity index (χ3n) is 5.46. The van der Waals surface area contributed by atoms with Crippen molar-refractivity contribution in [1.82, 2.24) is 10.3 Å². The van der Waals surface area contributed by atoms with Crippen LogP contribution in [0.1, 0.15) is 43.9 Å². The molecule has 0 spiro atoms. The largest absolute Gasteiger partial charge is 0.494 e. The maximum Gasteiger partial charge on any atom is 0.307 e. The number of aromatic nitrogens is 1. The molecule has 3 aromatic carbocycles. The van der Waals surface area contributed by atoms with Gasteiger partial charge in [0.05, 0.1) is 28.9 Å². The van der Waals surface area contributed by atoms with E-state index in [2.05, 4.69) is 10.3 Å². The van der Waals surface area contributed by atoms with Crippen molar-refractivity contribution in [3.63, 3.8) is 0 Å². The topological polar surface area (TPSA) is 86.7 Å². The number of aromatic hydroxyl groups is 1. The zero-order chi connectivity index (χ0) is 25.7. The first-order valence-electron chi connectivity index (χ1n) is 11.9. The maximum absolute atomic E-state index is 11.9. The van der Waals surface area contributed by atoms with Crippen LogP contribution in [-0.2, 0) is 16.1 Å². The molecule has 7 heteroatoms. The van der Waals surface area contributed by atoms with E-state index in [0.29, 0.717) is 35.8 Å². The van der Waals surface area contributed by atoms with E-state index in [1.807, 2.05) is 81.4 Å². The summed E-state index contributed by atoms with van der Waals surface area (Å²) in [4.78, 5) is 19.8. The summed E-state index contributed by atoms with van der Waals surface area (Å²) in [5.74, 6) is -0.170. The van der Waals surface area contributed by atoms with Crippen molar-refractivity contribution in [2.75, 3.05) is 6.54 Å². The Morgan fingerprint density at radius 1 is 1.06 bits per heavy atom. The Kier molecular flexibility index (Phi) is 7.77. The molecular weight excluding hydrogens is 474 g/mol. The molecule has 186 valence electrons. The van der Waals surface area contributed by atoms with Gasteiger partial charge in [-0.05, 0) is 50.6 Å². The second kappa shape index (κ2) is 11.0.